The molecule has 3 atom stereocenters. The summed E-state index contributed by atoms with van der Waals surface area (Å²) < 4.78 is 13.4. The summed E-state index contributed by atoms with van der Waals surface area (Å²) in [6.07, 6.45) is 4.74. The summed E-state index contributed by atoms with van der Waals surface area (Å²) in [7, 11) is 0. The van der Waals surface area contributed by atoms with Crippen LogP contribution in [-0.2, 0) is 0 Å². The number of hydrogen-bond donors (Lipinski definition) is 1. The zero-order valence-electron chi connectivity index (χ0n) is 14.8. The summed E-state index contributed by atoms with van der Waals surface area (Å²) in [6.45, 7) is 2.71. The molecule has 27 heavy (non-hydrogen) atoms. The largest absolute Gasteiger partial charge is 0.332 e. The van der Waals surface area contributed by atoms with Crippen molar-refractivity contribution in [1.29, 1.82) is 0 Å². The Hall–Kier alpha value is -2.54. The van der Waals surface area contributed by atoms with Gasteiger partial charge in [-0.3, -0.25) is 14.5 Å². The Kier molecular flexibility index (Phi) is 3.86. The van der Waals surface area contributed by atoms with Gasteiger partial charge in [-0.15, -0.1) is 0 Å². The molecule has 1 amide bonds. The number of halogens is 1. The van der Waals surface area contributed by atoms with E-state index in [-0.39, 0.29) is 41.0 Å². The van der Waals surface area contributed by atoms with Gasteiger partial charge in [0.05, 0.1) is 12.2 Å². The molecule has 0 saturated carbocycles. The van der Waals surface area contributed by atoms with E-state index in [1.165, 1.54) is 18.3 Å². The fourth-order valence-electron chi connectivity index (χ4n) is 5.26. The number of hydrogen-bond acceptors (Lipinski definition) is 4. The van der Waals surface area contributed by atoms with Gasteiger partial charge < -0.3 is 9.88 Å². The van der Waals surface area contributed by atoms with E-state index in [0.29, 0.717) is 12.5 Å². The number of aromatic amines is 1. The number of fused-ring (bicyclic) bond motifs is 2. The van der Waals surface area contributed by atoms with Crippen LogP contribution < -0.4 is 5.56 Å². The molecule has 4 aliphatic rings. The van der Waals surface area contributed by atoms with E-state index in [2.05, 4.69) is 14.9 Å². The van der Waals surface area contributed by atoms with Crippen LogP contribution in [0.1, 0.15) is 34.8 Å². The second-order valence-electron chi connectivity index (χ2n) is 7.77. The van der Waals surface area contributed by atoms with E-state index in [1.807, 2.05) is 17.0 Å². The number of piperidine rings is 3. The third-order valence-corrected chi connectivity index (χ3v) is 6.44. The number of amides is 1. The SMILES string of the molecule is O=C(c1c[nH]c(=O)cn1)N1C[C@@H](c2ccc(F)cc2)[C@@H]2[C@H]1C1CCN2CC1. The van der Waals surface area contributed by atoms with Crippen molar-refractivity contribution in [1.82, 2.24) is 19.8 Å². The van der Waals surface area contributed by atoms with Gasteiger partial charge in [0.25, 0.3) is 11.5 Å². The number of nitrogens with zero attached hydrogens (tertiary/aromatic N) is 3. The van der Waals surface area contributed by atoms with Crippen LogP contribution >= 0.6 is 0 Å². The Labute approximate surface area is 156 Å². The second-order valence-corrected chi connectivity index (χ2v) is 7.77. The Bertz CT molecular complexity index is 900. The fourth-order valence-corrected chi connectivity index (χ4v) is 5.26. The molecule has 1 aromatic heterocycles. The predicted molar refractivity (Wildman–Crippen MR) is 96.9 cm³/mol. The summed E-state index contributed by atoms with van der Waals surface area (Å²) >= 11 is 0. The van der Waals surface area contributed by atoms with E-state index in [0.717, 1.165) is 37.7 Å². The van der Waals surface area contributed by atoms with Gasteiger partial charge in [0.15, 0.2) is 0 Å². The van der Waals surface area contributed by atoms with Crippen molar-refractivity contribution in [2.45, 2.75) is 30.8 Å². The molecule has 0 radical (unpaired) electrons. The quantitative estimate of drug-likeness (QED) is 0.875. The zero-order chi connectivity index (χ0) is 18.5. The van der Waals surface area contributed by atoms with Crippen LogP contribution in [0.5, 0.6) is 0 Å². The number of carbonyl (C=O) groups excluding carboxylic acids is 1. The molecule has 5 heterocycles. The first kappa shape index (κ1) is 16.6. The highest BCUT2D eigenvalue weighted by Gasteiger charge is 2.54. The summed E-state index contributed by atoms with van der Waals surface area (Å²) in [5, 5.41) is 0. The molecule has 0 unspecified atom stereocenters. The number of likely N-dealkylation sites (tertiary alicyclic amines) is 1. The van der Waals surface area contributed by atoms with Gasteiger partial charge in [-0.05, 0) is 49.5 Å². The minimum absolute atomic E-state index is 0.139. The highest BCUT2D eigenvalue weighted by Crippen LogP contribution is 2.46. The van der Waals surface area contributed by atoms with Crippen molar-refractivity contribution < 1.29 is 9.18 Å². The van der Waals surface area contributed by atoms with Gasteiger partial charge in [-0.25, -0.2) is 9.37 Å². The minimum atomic E-state index is -0.321. The fraction of sp³-hybridized carbons (Fsp3) is 0.450. The molecule has 4 fully saturated rings. The zero-order valence-corrected chi connectivity index (χ0v) is 14.8. The number of rotatable bonds is 2. The Morgan fingerprint density at radius 3 is 2.56 bits per heavy atom. The maximum absolute atomic E-state index is 13.4. The maximum atomic E-state index is 13.4. The molecular weight excluding hydrogens is 347 g/mol. The highest BCUT2D eigenvalue weighted by atomic mass is 19.1. The number of carbonyl (C=O) groups is 1. The van der Waals surface area contributed by atoms with Crippen molar-refractivity contribution >= 4 is 5.91 Å². The van der Waals surface area contributed by atoms with E-state index in [9.17, 15) is 14.0 Å². The molecule has 6 rings (SSSR count). The minimum Gasteiger partial charge on any atom is -0.332 e. The molecule has 4 aliphatic heterocycles. The summed E-state index contributed by atoms with van der Waals surface area (Å²) in [5.41, 5.74) is 1.02. The molecule has 7 heteroatoms. The standard InChI is InChI=1S/C20H21FN4O2/c21-14-3-1-12(2-4-14)15-11-25(20(27)16-9-23-17(26)10-22-16)18-13-5-7-24(8-6-13)19(15)18/h1-4,9-10,13,15,18-19H,5-8,11H2,(H,23,26)/t15-,18+,19+/m0/s1. The monoisotopic (exact) mass is 368 g/mol. The van der Waals surface area contributed by atoms with Crippen LogP contribution in [0.3, 0.4) is 0 Å². The molecule has 1 aromatic carbocycles. The van der Waals surface area contributed by atoms with Crippen LogP contribution in [0, 0.1) is 11.7 Å². The lowest BCUT2D eigenvalue weighted by Crippen LogP contribution is -2.60. The van der Waals surface area contributed by atoms with Crippen LogP contribution in [0.25, 0.3) is 0 Å². The molecule has 140 valence electrons. The number of H-pyrrole nitrogens is 1. The smallest absolute Gasteiger partial charge is 0.274 e. The molecule has 2 bridgehead atoms. The highest BCUT2D eigenvalue weighted by molar-refractivity contribution is 5.92. The molecule has 0 aliphatic carbocycles. The average Bonchev–Trinajstić information content (AvgIpc) is 3.12. The van der Waals surface area contributed by atoms with Crippen LogP contribution in [0.15, 0.2) is 41.5 Å². The van der Waals surface area contributed by atoms with Crippen LogP contribution in [0.4, 0.5) is 4.39 Å². The lowest BCUT2D eigenvalue weighted by molar-refractivity contribution is -0.00360. The number of nitrogens with one attached hydrogen (secondary N) is 1. The Morgan fingerprint density at radius 2 is 1.89 bits per heavy atom. The van der Waals surface area contributed by atoms with Gasteiger partial charge in [-0.1, -0.05) is 12.1 Å². The van der Waals surface area contributed by atoms with Crippen molar-refractivity contribution in [2.75, 3.05) is 19.6 Å². The van der Waals surface area contributed by atoms with Gasteiger partial charge in [0, 0.05) is 24.7 Å². The Morgan fingerprint density at radius 1 is 1.15 bits per heavy atom. The third kappa shape index (κ3) is 2.68. The summed E-state index contributed by atoms with van der Waals surface area (Å²) in [4.78, 5) is 35.5. The van der Waals surface area contributed by atoms with Crippen LogP contribution in [0.2, 0.25) is 0 Å². The maximum Gasteiger partial charge on any atom is 0.274 e. The van der Waals surface area contributed by atoms with Gasteiger partial charge >= 0.3 is 0 Å². The molecule has 1 N–H and O–H groups in total. The van der Waals surface area contributed by atoms with Gasteiger partial charge in [-0.2, -0.15) is 0 Å². The second kappa shape index (κ2) is 6.27. The van der Waals surface area contributed by atoms with Crippen molar-refractivity contribution in [3.05, 3.63) is 64.1 Å². The Balaban J connectivity index is 1.52. The molecular formula is C20H21FN4O2. The lowest BCUT2D eigenvalue weighted by atomic mass is 9.75. The molecule has 0 spiro atoms. The molecule has 4 saturated heterocycles. The first-order chi connectivity index (χ1) is 13.1. The summed E-state index contributed by atoms with van der Waals surface area (Å²) in [5.74, 6) is 0.256. The number of benzene rings is 1. The third-order valence-electron chi connectivity index (χ3n) is 6.44. The van der Waals surface area contributed by atoms with E-state index in [4.69, 9.17) is 0 Å². The van der Waals surface area contributed by atoms with Gasteiger partial charge in [0.1, 0.15) is 11.5 Å². The number of aromatic nitrogens is 2. The average molecular weight is 368 g/mol. The van der Waals surface area contributed by atoms with Gasteiger partial charge in [0.2, 0.25) is 0 Å². The molecule has 2 aromatic rings. The first-order valence-electron chi connectivity index (χ1n) is 9.47. The first-order valence-corrected chi connectivity index (χ1v) is 9.47. The normalized spacial score (nSPS) is 31.7. The van der Waals surface area contributed by atoms with Crippen LogP contribution in [-0.4, -0.2) is 57.4 Å². The molecule has 6 nitrogen and oxygen atoms in total. The van der Waals surface area contributed by atoms with E-state index < -0.39 is 0 Å². The van der Waals surface area contributed by atoms with Crippen molar-refractivity contribution in [3.8, 4) is 0 Å². The lowest BCUT2D eigenvalue weighted by Gasteiger charge is -2.51. The van der Waals surface area contributed by atoms with E-state index in [1.54, 1.807) is 0 Å². The van der Waals surface area contributed by atoms with E-state index >= 15 is 0 Å². The predicted octanol–water partition coefficient (Wildman–Crippen LogP) is 1.61. The topological polar surface area (TPSA) is 69.3 Å². The van der Waals surface area contributed by atoms with Crippen molar-refractivity contribution in [2.24, 2.45) is 5.92 Å². The summed E-state index contributed by atoms with van der Waals surface area (Å²) in [6, 6.07) is 7.07. The van der Waals surface area contributed by atoms with Crippen molar-refractivity contribution in [3.63, 3.8) is 0 Å².